The first-order valence-electron chi connectivity index (χ1n) is 7.02. The molecule has 0 bridgehead atoms. The molecule has 0 atom stereocenters. The summed E-state index contributed by atoms with van der Waals surface area (Å²) in [5, 5.41) is 2.92. The molecule has 0 aliphatic carbocycles. The van der Waals surface area contributed by atoms with Crippen molar-refractivity contribution in [2.75, 3.05) is 43.6 Å². The van der Waals surface area contributed by atoms with Gasteiger partial charge < -0.3 is 15.0 Å². The number of benzene rings is 1. The van der Waals surface area contributed by atoms with Gasteiger partial charge in [-0.3, -0.25) is 4.79 Å². The average molecular weight is 294 g/mol. The SMILES string of the molecule is COc1ccc(NC(=O)CCN2CCCSCC2)cc1. The Balaban J connectivity index is 1.73. The van der Waals surface area contributed by atoms with Crippen LogP contribution in [0.4, 0.5) is 5.69 Å². The molecule has 0 aromatic heterocycles. The maximum absolute atomic E-state index is 11.9. The minimum absolute atomic E-state index is 0.0760. The highest BCUT2D eigenvalue weighted by molar-refractivity contribution is 7.99. The molecule has 5 heteroatoms. The first-order valence-corrected chi connectivity index (χ1v) is 8.17. The lowest BCUT2D eigenvalue weighted by molar-refractivity contribution is -0.116. The van der Waals surface area contributed by atoms with E-state index < -0.39 is 0 Å². The van der Waals surface area contributed by atoms with Crippen molar-refractivity contribution in [1.82, 2.24) is 4.90 Å². The molecule has 0 spiro atoms. The third kappa shape index (κ3) is 5.06. The molecule has 1 aliphatic rings. The Bertz CT molecular complexity index is 414. The summed E-state index contributed by atoms with van der Waals surface area (Å²) in [5.74, 6) is 3.30. The van der Waals surface area contributed by atoms with E-state index in [4.69, 9.17) is 4.74 Å². The standard InChI is InChI=1S/C15H22N2O2S/c1-19-14-5-3-13(4-6-14)16-15(18)7-9-17-8-2-11-20-12-10-17/h3-6H,2,7-12H2,1H3,(H,16,18). The number of nitrogens with one attached hydrogen (secondary N) is 1. The summed E-state index contributed by atoms with van der Waals surface area (Å²) in [5.41, 5.74) is 0.822. The second-order valence-corrected chi connectivity index (χ2v) is 6.06. The molecule has 1 aromatic carbocycles. The van der Waals surface area contributed by atoms with Crippen LogP contribution in [0.1, 0.15) is 12.8 Å². The van der Waals surface area contributed by atoms with Gasteiger partial charge in [0.15, 0.2) is 0 Å². The fourth-order valence-electron chi connectivity index (χ4n) is 2.18. The topological polar surface area (TPSA) is 41.6 Å². The summed E-state index contributed by atoms with van der Waals surface area (Å²) in [6.45, 7) is 3.06. The van der Waals surface area contributed by atoms with Crippen LogP contribution in [0.2, 0.25) is 0 Å². The summed E-state index contributed by atoms with van der Waals surface area (Å²) in [7, 11) is 1.63. The van der Waals surface area contributed by atoms with E-state index in [1.807, 2.05) is 36.0 Å². The largest absolute Gasteiger partial charge is 0.497 e. The highest BCUT2D eigenvalue weighted by Gasteiger charge is 2.11. The van der Waals surface area contributed by atoms with Crippen molar-refractivity contribution in [3.63, 3.8) is 0 Å². The molecule has 1 N–H and O–H groups in total. The van der Waals surface area contributed by atoms with Gasteiger partial charge in [-0.15, -0.1) is 0 Å². The lowest BCUT2D eigenvalue weighted by Gasteiger charge is -2.18. The number of nitrogens with zero attached hydrogens (tertiary/aromatic N) is 1. The number of ether oxygens (including phenoxy) is 1. The van der Waals surface area contributed by atoms with Gasteiger partial charge in [-0.1, -0.05) is 0 Å². The van der Waals surface area contributed by atoms with E-state index in [0.29, 0.717) is 6.42 Å². The van der Waals surface area contributed by atoms with E-state index in [-0.39, 0.29) is 5.91 Å². The fraction of sp³-hybridized carbons (Fsp3) is 0.533. The first kappa shape index (κ1) is 15.2. The Labute approximate surface area is 124 Å². The van der Waals surface area contributed by atoms with E-state index >= 15 is 0 Å². The molecule has 20 heavy (non-hydrogen) atoms. The van der Waals surface area contributed by atoms with Gasteiger partial charge in [-0.05, 0) is 43.0 Å². The van der Waals surface area contributed by atoms with Crippen molar-refractivity contribution in [1.29, 1.82) is 0 Å². The average Bonchev–Trinajstić information content (AvgIpc) is 2.74. The van der Waals surface area contributed by atoms with Crippen molar-refractivity contribution in [3.05, 3.63) is 24.3 Å². The third-order valence-electron chi connectivity index (χ3n) is 3.34. The number of rotatable bonds is 5. The van der Waals surface area contributed by atoms with E-state index in [9.17, 15) is 4.79 Å². The normalized spacial score (nSPS) is 16.4. The number of amides is 1. The zero-order valence-corrected chi connectivity index (χ0v) is 12.7. The predicted molar refractivity (Wildman–Crippen MR) is 84.6 cm³/mol. The van der Waals surface area contributed by atoms with Crippen molar-refractivity contribution < 1.29 is 9.53 Å². The van der Waals surface area contributed by atoms with Crippen LogP contribution in [0.3, 0.4) is 0 Å². The van der Waals surface area contributed by atoms with E-state index in [1.165, 1.54) is 17.9 Å². The third-order valence-corrected chi connectivity index (χ3v) is 4.39. The maximum Gasteiger partial charge on any atom is 0.225 e. The molecule has 0 radical (unpaired) electrons. The lowest BCUT2D eigenvalue weighted by Crippen LogP contribution is -2.29. The number of hydrogen-bond acceptors (Lipinski definition) is 4. The van der Waals surface area contributed by atoms with E-state index in [2.05, 4.69) is 10.2 Å². The van der Waals surface area contributed by atoms with Gasteiger partial charge in [0.25, 0.3) is 0 Å². The second-order valence-electron chi connectivity index (χ2n) is 4.83. The Kier molecular flexibility index (Phi) is 6.21. The number of carbonyl (C=O) groups excluding carboxylic acids is 1. The summed E-state index contributed by atoms with van der Waals surface area (Å²) >= 11 is 2.01. The number of carbonyl (C=O) groups is 1. The fourth-order valence-corrected chi connectivity index (χ4v) is 3.10. The van der Waals surface area contributed by atoms with Gasteiger partial charge in [-0.2, -0.15) is 11.8 Å². The molecule has 1 amide bonds. The molecular weight excluding hydrogens is 272 g/mol. The molecule has 1 saturated heterocycles. The highest BCUT2D eigenvalue weighted by Crippen LogP contribution is 2.15. The zero-order chi connectivity index (χ0) is 14.2. The monoisotopic (exact) mass is 294 g/mol. The highest BCUT2D eigenvalue weighted by atomic mass is 32.2. The number of hydrogen-bond donors (Lipinski definition) is 1. The van der Waals surface area contributed by atoms with Crippen LogP contribution in [0, 0.1) is 0 Å². The number of methoxy groups -OCH3 is 1. The van der Waals surface area contributed by atoms with Gasteiger partial charge in [0.2, 0.25) is 5.91 Å². The van der Waals surface area contributed by atoms with Gasteiger partial charge >= 0.3 is 0 Å². The molecule has 1 aromatic rings. The Morgan fingerprint density at radius 1 is 1.30 bits per heavy atom. The Morgan fingerprint density at radius 2 is 2.10 bits per heavy atom. The first-order chi connectivity index (χ1) is 9.78. The second kappa shape index (κ2) is 8.17. The van der Waals surface area contributed by atoms with Crippen LogP contribution in [0.5, 0.6) is 5.75 Å². The van der Waals surface area contributed by atoms with Crippen molar-refractivity contribution in [2.45, 2.75) is 12.8 Å². The molecule has 1 heterocycles. The van der Waals surface area contributed by atoms with Crippen molar-refractivity contribution in [2.24, 2.45) is 0 Å². The smallest absolute Gasteiger partial charge is 0.225 e. The summed E-state index contributed by atoms with van der Waals surface area (Å²) in [4.78, 5) is 14.3. The van der Waals surface area contributed by atoms with E-state index in [1.54, 1.807) is 7.11 Å². The molecule has 1 aliphatic heterocycles. The molecule has 0 saturated carbocycles. The Hall–Kier alpha value is -1.20. The van der Waals surface area contributed by atoms with E-state index in [0.717, 1.165) is 31.1 Å². The van der Waals surface area contributed by atoms with Crippen LogP contribution < -0.4 is 10.1 Å². The lowest BCUT2D eigenvalue weighted by atomic mass is 10.2. The van der Waals surface area contributed by atoms with Gasteiger partial charge in [0, 0.05) is 31.0 Å². The Morgan fingerprint density at radius 3 is 2.85 bits per heavy atom. The molecular formula is C15H22N2O2S. The zero-order valence-electron chi connectivity index (χ0n) is 11.9. The van der Waals surface area contributed by atoms with Crippen LogP contribution in [0.15, 0.2) is 24.3 Å². The van der Waals surface area contributed by atoms with Crippen molar-refractivity contribution >= 4 is 23.4 Å². The van der Waals surface area contributed by atoms with Crippen LogP contribution in [-0.2, 0) is 4.79 Å². The quantitative estimate of drug-likeness (QED) is 0.906. The molecule has 0 unspecified atom stereocenters. The minimum atomic E-state index is 0.0760. The molecule has 2 rings (SSSR count). The van der Waals surface area contributed by atoms with Gasteiger partial charge in [0.05, 0.1) is 7.11 Å². The van der Waals surface area contributed by atoms with Crippen molar-refractivity contribution in [3.8, 4) is 5.75 Å². The van der Waals surface area contributed by atoms with Gasteiger partial charge in [0.1, 0.15) is 5.75 Å². The minimum Gasteiger partial charge on any atom is -0.497 e. The number of thioether (sulfide) groups is 1. The predicted octanol–water partition coefficient (Wildman–Crippen LogP) is 2.46. The summed E-state index contributed by atoms with van der Waals surface area (Å²) < 4.78 is 5.09. The van der Waals surface area contributed by atoms with Gasteiger partial charge in [-0.25, -0.2) is 0 Å². The summed E-state index contributed by atoms with van der Waals surface area (Å²) in [6.07, 6.45) is 1.78. The summed E-state index contributed by atoms with van der Waals surface area (Å²) in [6, 6.07) is 7.42. The van der Waals surface area contributed by atoms with Crippen LogP contribution in [0.25, 0.3) is 0 Å². The maximum atomic E-state index is 11.9. The van der Waals surface area contributed by atoms with Crippen LogP contribution in [-0.4, -0.2) is 49.1 Å². The molecule has 4 nitrogen and oxygen atoms in total. The van der Waals surface area contributed by atoms with Crippen LogP contribution >= 0.6 is 11.8 Å². The molecule has 1 fully saturated rings. The number of anilines is 1. The molecule has 110 valence electrons.